The minimum Gasteiger partial charge on any atom is -0.385 e. The Morgan fingerprint density at radius 3 is 3.00 bits per heavy atom. The van der Waals surface area contributed by atoms with Crippen LogP contribution in [0.5, 0.6) is 0 Å². The molecule has 0 radical (unpaired) electrons. The van der Waals surface area contributed by atoms with Crippen molar-refractivity contribution in [2.24, 2.45) is 5.73 Å². The minimum absolute atomic E-state index is 0.0167. The van der Waals surface area contributed by atoms with Crippen LogP contribution in [0.4, 0.5) is 0 Å². The summed E-state index contributed by atoms with van der Waals surface area (Å²) in [6.45, 7) is 0.753. The SMILES string of the molecule is COCCCC(N)c1nc2cc(Br)ccc2n1C1CC1. The lowest BCUT2D eigenvalue weighted by Crippen LogP contribution is -2.17. The molecule has 1 unspecified atom stereocenters. The molecule has 1 fully saturated rings. The van der Waals surface area contributed by atoms with Crippen LogP contribution in [0, 0.1) is 0 Å². The largest absolute Gasteiger partial charge is 0.385 e. The highest BCUT2D eigenvalue weighted by molar-refractivity contribution is 9.10. The van der Waals surface area contributed by atoms with Crippen molar-refractivity contribution < 1.29 is 4.74 Å². The summed E-state index contributed by atoms with van der Waals surface area (Å²) in [6.07, 6.45) is 4.35. The van der Waals surface area contributed by atoms with Crippen molar-refractivity contribution in [1.82, 2.24) is 9.55 Å². The van der Waals surface area contributed by atoms with Crippen LogP contribution in [0.3, 0.4) is 0 Å². The molecule has 4 nitrogen and oxygen atoms in total. The van der Waals surface area contributed by atoms with E-state index in [1.165, 1.54) is 18.4 Å². The predicted octanol–water partition coefficient (Wildman–Crippen LogP) is 3.56. The van der Waals surface area contributed by atoms with Gasteiger partial charge in [-0.3, -0.25) is 0 Å². The zero-order valence-corrected chi connectivity index (χ0v) is 13.3. The molecule has 1 heterocycles. The molecule has 1 atom stereocenters. The Hall–Kier alpha value is -0.910. The molecule has 20 heavy (non-hydrogen) atoms. The number of benzene rings is 1. The predicted molar refractivity (Wildman–Crippen MR) is 83.7 cm³/mol. The lowest BCUT2D eigenvalue weighted by molar-refractivity contribution is 0.190. The van der Waals surface area contributed by atoms with Crippen LogP contribution in [-0.4, -0.2) is 23.3 Å². The van der Waals surface area contributed by atoms with Gasteiger partial charge in [0.1, 0.15) is 5.82 Å². The fraction of sp³-hybridized carbons (Fsp3) is 0.533. The van der Waals surface area contributed by atoms with Gasteiger partial charge in [-0.15, -0.1) is 0 Å². The molecule has 108 valence electrons. The number of rotatable bonds is 6. The molecule has 3 rings (SSSR count). The number of imidazole rings is 1. The molecule has 1 aromatic carbocycles. The van der Waals surface area contributed by atoms with E-state index in [4.69, 9.17) is 15.5 Å². The van der Waals surface area contributed by atoms with Gasteiger partial charge in [0.2, 0.25) is 0 Å². The van der Waals surface area contributed by atoms with Gasteiger partial charge in [-0.05, 0) is 43.9 Å². The van der Waals surface area contributed by atoms with Gasteiger partial charge in [0.15, 0.2) is 0 Å². The Morgan fingerprint density at radius 1 is 1.50 bits per heavy atom. The van der Waals surface area contributed by atoms with Gasteiger partial charge in [0.25, 0.3) is 0 Å². The molecule has 0 amide bonds. The van der Waals surface area contributed by atoms with Gasteiger partial charge in [0.05, 0.1) is 17.1 Å². The number of hydrogen-bond acceptors (Lipinski definition) is 3. The first kappa shape index (κ1) is 14.0. The molecule has 5 heteroatoms. The maximum absolute atomic E-state index is 6.35. The smallest absolute Gasteiger partial charge is 0.127 e. The van der Waals surface area contributed by atoms with E-state index in [-0.39, 0.29) is 6.04 Å². The quantitative estimate of drug-likeness (QED) is 0.820. The maximum atomic E-state index is 6.35. The molecule has 0 aliphatic heterocycles. The third-order valence-corrected chi connectivity index (χ3v) is 4.28. The lowest BCUT2D eigenvalue weighted by Gasteiger charge is -2.14. The van der Waals surface area contributed by atoms with Gasteiger partial charge in [-0.1, -0.05) is 15.9 Å². The minimum atomic E-state index is -0.0167. The molecule has 0 bridgehead atoms. The van der Waals surface area contributed by atoms with Gasteiger partial charge in [-0.25, -0.2) is 4.98 Å². The van der Waals surface area contributed by atoms with Crippen LogP contribution in [0.1, 0.15) is 43.6 Å². The molecule has 1 aliphatic rings. The molecule has 2 N–H and O–H groups in total. The first-order chi connectivity index (χ1) is 9.70. The van der Waals surface area contributed by atoms with Crippen LogP contribution in [0.15, 0.2) is 22.7 Å². The Bertz CT molecular complexity index is 606. The van der Waals surface area contributed by atoms with Gasteiger partial charge in [-0.2, -0.15) is 0 Å². The number of methoxy groups -OCH3 is 1. The Balaban J connectivity index is 1.94. The number of ether oxygens (including phenoxy) is 1. The number of hydrogen-bond donors (Lipinski definition) is 1. The Morgan fingerprint density at radius 2 is 2.30 bits per heavy atom. The van der Waals surface area contributed by atoms with Crippen LogP contribution in [0.2, 0.25) is 0 Å². The molecule has 2 aromatic rings. The second kappa shape index (κ2) is 5.84. The highest BCUT2D eigenvalue weighted by Gasteiger charge is 2.29. The number of fused-ring (bicyclic) bond motifs is 1. The Labute approximate surface area is 127 Å². The number of halogens is 1. The van der Waals surface area contributed by atoms with E-state index in [9.17, 15) is 0 Å². The lowest BCUT2D eigenvalue weighted by atomic mass is 10.1. The van der Waals surface area contributed by atoms with E-state index in [1.807, 2.05) is 0 Å². The molecular weight excluding hydrogens is 318 g/mol. The normalized spacial score (nSPS) is 16.8. The highest BCUT2D eigenvalue weighted by atomic mass is 79.9. The highest BCUT2D eigenvalue weighted by Crippen LogP contribution is 2.40. The zero-order valence-electron chi connectivity index (χ0n) is 11.7. The third kappa shape index (κ3) is 2.75. The van der Waals surface area contributed by atoms with Crippen LogP contribution >= 0.6 is 15.9 Å². The number of nitrogens with two attached hydrogens (primary N) is 1. The number of nitrogens with zero attached hydrogens (tertiary/aromatic N) is 2. The average molecular weight is 338 g/mol. The van der Waals surface area contributed by atoms with Crippen molar-refractivity contribution in [3.63, 3.8) is 0 Å². The van der Waals surface area contributed by atoms with E-state index in [2.05, 4.69) is 38.7 Å². The van der Waals surface area contributed by atoms with E-state index < -0.39 is 0 Å². The van der Waals surface area contributed by atoms with Gasteiger partial charge in [0, 0.05) is 24.2 Å². The van der Waals surface area contributed by atoms with Gasteiger partial charge < -0.3 is 15.0 Å². The van der Waals surface area contributed by atoms with Crippen molar-refractivity contribution in [3.05, 3.63) is 28.5 Å². The van der Waals surface area contributed by atoms with E-state index in [1.54, 1.807) is 7.11 Å². The van der Waals surface area contributed by atoms with Crippen molar-refractivity contribution in [3.8, 4) is 0 Å². The zero-order chi connectivity index (χ0) is 14.1. The van der Waals surface area contributed by atoms with Crippen LogP contribution in [0.25, 0.3) is 11.0 Å². The second-order valence-corrected chi connectivity index (χ2v) is 6.36. The summed E-state index contributed by atoms with van der Waals surface area (Å²) in [6, 6.07) is 6.85. The third-order valence-electron chi connectivity index (χ3n) is 3.79. The summed E-state index contributed by atoms with van der Waals surface area (Å²) in [7, 11) is 1.72. The monoisotopic (exact) mass is 337 g/mol. The van der Waals surface area contributed by atoms with E-state index in [0.717, 1.165) is 35.3 Å². The van der Waals surface area contributed by atoms with Crippen molar-refractivity contribution >= 4 is 27.0 Å². The van der Waals surface area contributed by atoms with Crippen molar-refractivity contribution in [1.29, 1.82) is 0 Å². The average Bonchev–Trinajstić information content (AvgIpc) is 3.19. The van der Waals surface area contributed by atoms with Crippen molar-refractivity contribution in [2.45, 2.75) is 37.8 Å². The summed E-state index contributed by atoms with van der Waals surface area (Å²) in [4.78, 5) is 4.78. The molecule has 1 aliphatic carbocycles. The topological polar surface area (TPSA) is 53.1 Å². The van der Waals surface area contributed by atoms with Crippen LogP contribution in [-0.2, 0) is 4.74 Å². The fourth-order valence-corrected chi connectivity index (χ4v) is 2.99. The van der Waals surface area contributed by atoms with E-state index >= 15 is 0 Å². The first-order valence-electron chi connectivity index (χ1n) is 7.12. The molecule has 1 saturated carbocycles. The summed E-state index contributed by atoms with van der Waals surface area (Å²) in [5.41, 5.74) is 8.59. The van der Waals surface area contributed by atoms with Gasteiger partial charge >= 0.3 is 0 Å². The molecule has 0 spiro atoms. The standard InChI is InChI=1S/C15H20BrN3O/c1-20-8-2-3-12(17)15-18-13-9-10(16)4-7-14(13)19(15)11-5-6-11/h4,7,9,11-12H,2-3,5-6,8,17H2,1H3. The molecule has 0 saturated heterocycles. The second-order valence-electron chi connectivity index (χ2n) is 5.45. The number of aromatic nitrogens is 2. The summed E-state index contributed by atoms with van der Waals surface area (Å²) < 4.78 is 8.51. The Kier molecular flexibility index (Phi) is 4.10. The summed E-state index contributed by atoms with van der Waals surface area (Å²) in [5.74, 6) is 1.02. The van der Waals surface area contributed by atoms with Crippen LogP contribution < -0.4 is 5.73 Å². The molecule has 1 aromatic heterocycles. The van der Waals surface area contributed by atoms with E-state index in [0.29, 0.717) is 6.04 Å². The molecular formula is C15H20BrN3O. The summed E-state index contributed by atoms with van der Waals surface area (Å²) in [5, 5.41) is 0. The first-order valence-corrected chi connectivity index (χ1v) is 7.92. The fourth-order valence-electron chi connectivity index (χ4n) is 2.65. The van der Waals surface area contributed by atoms with Crippen molar-refractivity contribution in [2.75, 3.05) is 13.7 Å². The summed E-state index contributed by atoms with van der Waals surface area (Å²) >= 11 is 3.51. The maximum Gasteiger partial charge on any atom is 0.127 e.